The van der Waals surface area contributed by atoms with Crippen LogP contribution < -0.4 is 15.5 Å². The highest BCUT2D eigenvalue weighted by molar-refractivity contribution is 6.02. The Labute approximate surface area is 198 Å². The quantitative estimate of drug-likeness (QED) is 0.398. The first kappa shape index (κ1) is 23.5. The van der Waals surface area contributed by atoms with Crippen molar-refractivity contribution in [3.05, 3.63) is 42.0 Å². The number of carbonyl (C=O) groups excluding carboxylic acids is 1. The lowest BCUT2D eigenvalue weighted by molar-refractivity contribution is -0.138. The van der Waals surface area contributed by atoms with Crippen LogP contribution in [0.3, 0.4) is 0 Å². The third-order valence-electron chi connectivity index (χ3n) is 5.83. The number of anilines is 3. The SMILES string of the molecule is CC(C)CN(CC(C)C)c1ccc([C@@H]2C[C@@H]2C(=O)O)cc1NC(=O)Nc1ccc2nonc2c1. The lowest BCUT2D eigenvalue weighted by atomic mass is 10.0. The molecule has 3 aromatic rings. The van der Waals surface area contributed by atoms with E-state index < -0.39 is 12.0 Å². The maximum absolute atomic E-state index is 13.0. The summed E-state index contributed by atoms with van der Waals surface area (Å²) in [6, 6.07) is 10.7. The molecule has 1 saturated carbocycles. The number of benzene rings is 2. The minimum atomic E-state index is -0.777. The van der Waals surface area contributed by atoms with Crippen LogP contribution in [0.1, 0.15) is 45.6 Å². The fraction of sp³-hybridized carbons (Fsp3) is 0.440. The van der Waals surface area contributed by atoms with Gasteiger partial charge in [0.1, 0.15) is 11.0 Å². The number of fused-ring (bicyclic) bond motifs is 1. The molecule has 1 fully saturated rings. The highest BCUT2D eigenvalue weighted by atomic mass is 16.6. The summed E-state index contributed by atoms with van der Waals surface area (Å²) in [4.78, 5) is 26.6. The zero-order chi connectivity index (χ0) is 24.4. The van der Waals surface area contributed by atoms with Crippen molar-refractivity contribution in [1.82, 2.24) is 10.3 Å². The highest BCUT2D eigenvalue weighted by Crippen LogP contribution is 2.49. The van der Waals surface area contributed by atoms with Gasteiger partial charge in [-0.05, 0) is 70.4 Å². The molecule has 1 aromatic heterocycles. The first-order chi connectivity index (χ1) is 16.2. The van der Waals surface area contributed by atoms with E-state index in [2.05, 4.69) is 53.5 Å². The molecule has 4 rings (SSSR count). The van der Waals surface area contributed by atoms with Crippen LogP contribution >= 0.6 is 0 Å². The molecule has 34 heavy (non-hydrogen) atoms. The maximum Gasteiger partial charge on any atom is 0.323 e. The summed E-state index contributed by atoms with van der Waals surface area (Å²) in [6.45, 7) is 10.3. The topological polar surface area (TPSA) is 121 Å². The molecule has 2 amide bonds. The normalized spacial score (nSPS) is 17.2. The zero-order valence-electron chi connectivity index (χ0n) is 19.9. The molecule has 9 nitrogen and oxygen atoms in total. The van der Waals surface area contributed by atoms with Gasteiger partial charge < -0.3 is 20.6 Å². The van der Waals surface area contributed by atoms with Gasteiger partial charge in [0.15, 0.2) is 0 Å². The molecule has 180 valence electrons. The second kappa shape index (κ2) is 9.70. The predicted octanol–water partition coefficient (Wildman–Crippen LogP) is 5.17. The number of carbonyl (C=O) groups is 2. The van der Waals surface area contributed by atoms with Crippen molar-refractivity contribution in [3.63, 3.8) is 0 Å². The van der Waals surface area contributed by atoms with Crippen molar-refractivity contribution in [1.29, 1.82) is 0 Å². The van der Waals surface area contributed by atoms with E-state index in [1.54, 1.807) is 18.2 Å². The number of aromatic nitrogens is 2. The number of carboxylic acid groups (broad SMARTS) is 1. The number of urea groups is 1. The largest absolute Gasteiger partial charge is 0.481 e. The smallest absolute Gasteiger partial charge is 0.323 e. The molecular weight excluding hydrogens is 434 g/mol. The summed E-state index contributed by atoms with van der Waals surface area (Å²) in [7, 11) is 0. The van der Waals surface area contributed by atoms with Crippen LogP contribution in [-0.4, -0.2) is 40.5 Å². The molecule has 1 aliphatic carbocycles. The molecule has 0 saturated heterocycles. The van der Waals surface area contributed by atoms with Gasteiger partial charge >= 0.3 is 12.0 Å². The van der Waals surface area contributed by atoms with Crippen LogP contribution in [-0.2, 0) is 4.79 Å². The summed E-state index contributed by atoms with van der Waals surface area (Å²) < 4.78 is 4.72. The number of aliphatic carboxylic acids is 1. The minimum absolute atomic E-state index is 0.0270. The molecule has 1 aliphatic rings. The van der Waals surface area contributed by atoms with Crippen LogP contribution in [0, 0.1) is 17.8 Å². The fourth-order valence-electron chi connectivity index (χ4n) is 4.29. The third kappa shape index (κ3) is 5.47. The second-order valence-corrected chi connectivity index (χ2v) is 9.80. The van der Waals surface area contributed by atoms with E-state index in [-0.39, 0.29) is 11.8 Å². The van der Waals surface area contributed by atoms with Crippen LogP contribution in [0.25, 0.3) is 11.0 Å². The standard InChI is InChI=1S/C25H31N5O4/c1-14(2)12-30(13-15(3)4)23-8-5-16(18-11-19(18)24(31)32)9-22(23)27-25(33)26-17-6-7-20-21(10-17)29-34-28-20/h5-10,14-15,18-19H,11-13H2,1-4H3,(H,31,32)(H2,26,27,33)/t18-,19-/m0/s1. The van der Waals surface area contributed by atoms with Crippen LogP contribution in [0.15, 0.2) is 41.0 Å². The van der Waals surface area contributed by atoms with Gasteiger partial charge in [-0.1, -0.05) is 33.8 Å². The number of carboxylic acids is 1. The average molecular weight is 466 g/mol. The molecule has 0 unspecified atom stereocenters. The van der Waals surface area contributed by atoms with Crippen LogP contribution in [0.5, 0.6) is 0 Å². The van der Waals surface area contributed by atoms with E-state index >= 15 is 0 Å². The number of hydrogen-bond acceptors (Lipinski definition) is 6. The molecule has 0 bridgehead atoms. The lowest BCUT2D eigenvalue weighted by Crippen LogP contribution is -2.32. The van der Waals surface area contributed by atoms with E-state index in [1.165, 1.54) is 0 Å². The molecule has 0 radical (unpaired) electrons. The lowest BCUT2D eigenvalue weighted by Gasteiger charge is -2.30. The van der Waals surface area contributed by atoms with Gasteiger partial charge in [0, 0.05) is 18.8 Å². The first-order valence-corrected chi connectivity index (χ1v) is 11.6. The van der Waals surface area contributed by atoms with Crippen LogP contribution in [0.4, 0.5) is 21.9 Å². The molecule has 1 heterocycles. The van der Waals surface area contributed by atoms with E-state index in [1.807, 2.05) is 18.2 Å². The minimum Gasteiger partial charge on any atom is -0.481 e. The Morgan fingerprint density at radius 1 is 1.03 bits per heavy atom. The number of nitrogens with zero attached hydrogens (tertiary/aromatic N) is 3. The molecule has 9 heteroatoms. The summed E-state index contributed by atoms with van der Waals surface area (Å²) in [5.41, 5.74) is 4.23. The van der Waals surface area contributed by atoms with E-state index in [0.29, 0.717) is 40.7 Å². The number of hydrogen-bond donors (Lipinski definition) is 3. The molecule has 3 N–H and O–H groups in total. The van der Waals surface area contributed by atoms with E-state index in [0.717, 1.165) is 24.3 Å². The molecule has 2 atom stereocenters. The summed E-state index contributed by atoms with van der Waals surface area (Å²) >= 11 is 0. The number of rotatable bonds is 9. The Balaban J connectivity index is 1.60. The average Bonchev–Trinajstić information content (AvgIpc) is 3.43. The zero-order valence-corrected chi connectivity index (χ0v) is 19.9. The number of amides is 2. The Morgan fingerprint density at radius 2 is 1.74 bits per heavy atom. The highest BCUT2D eigenvalue weighted by Gasteiger charge is 2.44. The Kier molecular flexibility index (Phi) is 6.72. The van der Waals surface area contributed by atoms with Gasteiger partial charge in [0.25, 0.3) is 0 Å². The van der Waals surface area contributed by atoms with Crippen molar-refractivity contribution >= 4 is 40.1 Å². The van der Waals surface area contributed by atoms with Gasteiger partial charge in [-0.2, -0.15) is 0 Å². The van der Waals surface area contributed by atoms with Crippen LogP contribution in [0.2, 0.25) is 0 Å². The molecule has 2 aromatic carbocycles. The van der Waals surface area contributed by atoms with Gasteiger partial charge in [0.05, 0.1) is 17.3 Å². The summed E-state index contributed by atoms with van der Waals surface area (Å²) in [6.07, 6.45) is 0.619. The van der Waals surface area contributed by atoms with Gasteiger partial charge in [-0.15, -0.1) is 0 Å². The summed E-state index contributed by atoms with van der Waals surface area (Å²) in [5, 5.41) is 22.8. The van der Waals surface area contributed by atoms with Crippen molar-refractivity contribution in [2.24, 2.45) is 17.8 Å². The second-order valence-electron chi connectivity index (χ2n) is 9.80. The van der Waals surface area contributed by atoms with Crippen molar-refractivity contribution in [2.75, 3.05) is 28.6 Å². The first-order valence-electron chi connectivity index (χ1n) is 11.6. The molecule has 0 aliphatic heterocycles. The predicted molar refractivity (Wildman–Crippen MR) is 131 cm³/mol. The van der Waals surface area contributed by atoms with Crippen molar-refractivity contribution in [2.45, 2.75) is 40.0 Å². The van der Waals surface area contributed by atoms with Gasteiger partial charge in [-0.3, -0.25) is 4.79 Å². The Hall–Kier alpha value is -3.62. The summed E-state index contributed by atoms with van der Waals surface area (Å²) in [5.74, 6) is -0.301. The molecular formula is C25H31N5O4. The maximum atomic E-state index is 13.0. The fourth-order valence-corrected chi connectivity index (χ4v) is 4.29. The van der Waals surface area contributed by atoms with Crippen molar-refractivity contribution < 1.29 is 19.3 Å². The van der Waals surface area contributed by atoms with E-state index in [4.69, 9.17) is 4.63 Å². The molecule has 0 spiro atoms. The number of nitrogens with one attached hydrogen (secondary N) is 2. The van der Waals surface area contributed by atoms with E-state index in [9.17, 15) is 14.7 Å². The van der Waals surface area contributed by atoms with Crippen molar-refractivity contribution in [3.8, 4) is 0 Å². The third-order valence-corrected chi connectivity index (χ3v) is 5.83. The Morgan fingerprint density at radius 3 is 2.38 bits per heavy atom. The Bertz CT molecular complexity index is 1180. The monoisotopic (exact) mass is 465 g/mol. The van der Waals surface area contributed by atoms with Gasteiger partial charge in [0.2, 0.25) is 0 Å². The van der Waals surface area contributed by atoms with Gasteiger partial charge in [-0.25, -0.2) is 9.42 Å².